The molecule has 0 aliphatic carbocycles. The summed E-state index contributed by atoms with van der Waals surface area (Å²) in [6.07, 6.45) is 3.62. The van der Waals surface area contributed by atoms with E-state index in [0.29, 0.717) is 12.2 Å². The van der Waals surface area contributed by atoms with Crippen LogP contribution in [-0.4, -0.2) is 10.1 Å². The second-order valence-corrected chi connectivity index (χ2v) is 4.54. The van der Waals surface area contributed by atoms with Gasteiger partial charge in [-0.1, -0.05) is 24.3 Å². The van der Waals surface area contributed by atoms with E-state index >= 15 is 0 Å². The minimum absolute atomic E-state index is 0.345. The van der Waals surface area contributed by atoms with Crippen LogP contribution < -0.4 is 5.32 Å². The maximum atomic E-state index is 13.3. The topological polar surface area (TPSA) is 45.1 Å². The average molecular weight is 268 g/mol. The number of anilines is 1. The fraction of sp³-hybridized carbons (Fsp3) is 0.0625. The van der Waals surface area contributed by atoms with Crippen molar-refractivity contribution in [3.05, 3.63) is 66.2 Å². The van der Waals surface area contributed by atoms with Gasteiger partial charge in [-0.15, -0.1) is 0 Å². The van der Waals surface area contributed by atoms with Gasteiger partial charge in [0.15, 0.2) is 11.6 Å². The van der Waals surface area contributed by atoms with Gasteiger partial charge in [0.1, 0.15) is 0 Å². The van der Waals surface area contributed by atoms with E-state index in [1.807, 2.05) is 30.5 Å². The number of nitrogens with one attached hydrogen (secondary N) is 1. The van der Waals surface area contributed by atoms with E-state index in [1.54, 1.807) is 12.3 Å². The summed E-state index contributed by atoms with van der Waals surface area (Å²) in [5.41, 5.74) is 1.66. The second-order valence-electron chi connectivity index (χ2n) is 4.54. The number of halogens is 1. The molecule has 20 heavy (non-hydrogen) atoms. The predicted octanol–water partition coefficient (Wildman–Crippen LogP) is 3.69. The van der Waals surface area contributed by atoms with Crippen LogP contribution in [-0.2, 0) is 6.54 Å². The van der Waals surface area contributed by atoms with E-state index in [4.69, 9.17) is 5.11 Å². The minimum Gasteiger partial charge on any atom is -0.505 e. The number of pyridine rings is 1. The van der Waals surface area contributed by atoms with E-state index in [2.05, 4.69) is 10.3 Å². The molecular formula is C16H13FN2O. The number of hydrogen-bond acceptors (Lipinski definition) is 3. The van der Waals surface area contributed by atoms with Crippen molar-refractivity contribution in [3.8, 4) is 5.75 Å². The van der Waals surface area contributed by atoms with Gasteiger partial charge in [-0.05, 0) is 23.1 Å². The molecule has 3 rings (SSSR count). The molecule has 0 aliphatic heterocycles. The number of rotatable bonds is 3. The number of aromatic nitrogens is 1. The molecule has 0 bridgehead atoms. The molecule has 3 aromatic rings. The molecule has 0 saturated heterocycles. The van der Waals surface area contributed by atoms with E-state index in [-0.39, 0.29) is 5.75 Å². The third-order valence-electron chi connectivity index (χ3n) is 3.18. The van der Waals surface area contributed by atoms with Crippen LogP contribution in [0, 0.1) is 5.82 Å². The number of fused-ring (bicyclic) bond motifs is 1. The smallest absolute Gasteiger partial charge is 0.166 e. The van der Waals surface area contributed by atoms with Gasteiger partial charge in [-0.25, -0.2) is 4.39 Å². The Bertz CT molecular complexity index is 753. The molecule has 3 nitrogen and oxygen atoms in total. The molecule has 1 heterocycles. The molecule has 100 valence electrons. The van der Waals surface area contributed by atoms with Crippen molar-refractivity contribution in [1.82, 2.24) is 4.98 Å². The van der Waals surface area contributed by atoms with Gasteiger partial charge in [-0.3, -0.25) is 4.98 Å². The molecule has 2 aromatic carbocycles. The SMILES string of the molecule is Oc1ccc(NCc2cncc3ccccc23)cc1F. The van der Waals surface area contributed by atoms with Crippen LogP contribution in [0.15, 0.2) is 54.9 Å². The highest BCUT2D eigenvalue weighted by molar-refractivity contribution is 5.84. The first kappa shape index (κ1) is 12.4. The zero-order valence-electron chi connectivity index (χ0n) is 10.7. The van der Waals surface area contributed by atoms with E-state index < -0.39 is 5.82 Å². The molecule has 0 aliphatic rings. The van der Waals surface area contributed by atoms with Crippen molar-refractivity contribution in [2.45, 2.75) is 6.54 Å². The maximum Gasteiger partial charge on any atom is 0.166 e. The lowest BCUT2D eigenvalue weighted by atomic mass is 10.1. The third kappa shape index (κ3) is 2.40. The van der Waals surface area contributed by atoms with Crippen LogP contribution in [0.25, 0.3) is 10.8 Å². The molecule has 2 N–H and O–H groups in total. The summed E-state index contributed by atoms with van der Waals surface area (Å²) in [6, 6.07) is 12.2. The molecule has 0 atom stereocenters. The molecule has 4 heteroatoms. The van der Waals surface area contributed by atoms with Gasteiger partial charge in [0.2, 0.25) is 0 Å². The summed E-state index contributed by atoms with van der Waals surface area (Å²) < 4.78 is 13.3. The van der Waals surface area contributed by atoms with Crippen molar-refractivity contribution >= 4 is 16.5 Å². The van der Waals surface area contributed by atoms with E-state index in [0.717, 1.165) is 16.3 Å². The highest BCUT2D eigenvalue weighted by Gasteiger charge is 2.03. The Labute approximate surface area is 115 Å². The first-order valence-corrected chi connectivity index (χ1v) is 6.28. The number of aromatic hydroxyl groups is 1. The molecule has 0 amide bonds. The highest BCUT2D eigenvalue weighted by Crippen LogP contribution is 2.21. The van der Waals surface area contributed by atoms with E-state index in [9.17, 15) is 4.39 Å². The first-order chi connectivity index (χ1) is 9.74. The molecular weight excluding hydrogens is 255 g/mol. The van der Waals surface area contributed by atoms with Crippen LogP contribution in [0.1, 0.15) is 5.56 Å². The van der Waals surface area contributed by atoms with Gasteiger partial charge in [0.25, 0.3) is 0 Å². The molecule has 0 radical (unpaired) electrons. The predicted molar refractivity (Wildman–Crippen MR) is 77.1 cm³/mol. The van der Waals surface area contributed by atoms with Gasteiger partial charge in [0.05, 0.1) is 0 Å². The third-order valence-corrected chi connectivity index (χ3v) is 3.18. The van der Waals surface area contributed by atoms with Crippen molar-refractivity contribution in [2.24, 2.45) is 0 Å². The van der Waals surface area contributed by atoms with Gasteiger partial charge < -0.3 is 10.4 Å². The summed E-state index contributed by atoms with van der Waals surface area (Å²) in [5, 5.41) is 14.5. The Kier molecular flexibility index (Phi) is 3.21. The molecule has 0 saturated carbocycles. The summed E-state index contributed by atoms with van der Waals surface area (Å²) in [4.78, 5) is 4.20. The van der Waals surface area contributed by atoms with Crippen LogP contribution >= 0.6 is 0 Å². The van der Waals surface area contributed by atoms with Crippen molar-refractivity contribution in [1.29, 1.82) is 0 Å². The highest BCUT2D eigenvalue weighted by atomic mass is 19.1. The Hall–Kier alpha value is -2.62. The standard InChI is InChI=1S/C16H13FN2O/c17-15-7-13(5-6-16(15)20)19-10-12-9-18-8-11-3-1-2-4-14(11)12/h1-9,19-20H,10H2. The number of benzene rings is 2. The summed E-state index contributed by atoms with van der Waals surface area (Å²) in [6.45, 7) is 0.540. The number of nitrogens with zero attached hydrogens (tertiary/aromatic N) is 1. The molecule has 0 unspecified atom stereocenters. The number of hydrogen-bond donors (Lipinski definition) is 2. The van der Waals surface area contributed by atoms with Crippen LogP contribution in [0.5, 0.6) is 5.75 Å². The lowest BCUT2D eigenvalue weighted by molar-refractivity contribution is 0.432. The van der Waals surface area contributed by atoms with Crippen molar-refractivity contribution < 1.29 is 9.50 Å². The zero-order valence-corrected chi connectivity index (χ0v) is 10.7. The quantitative estimate of drug-likeness (QED) is 0.712. The second kappa shape index (κ2) is 5.17. The van der Waals surface area contributed by atoms with Gasteiger partial charge in [0, 0.05) is 36.1 Å². The first-order valence-electron chi connectivity index (χ1n) is 6.28. The van der Waals surface area contributed by atoms with Crippen molar-refractivity contribution in [2.75, 3.05) is 5.32 Å². The van der Waals surface area contributed by atoms with Crippen LogP contribution in [0.3, 0.4) is 0 Å². The van der Waals surface area contributed by atoms with E-state index in [1.165, 1.54) is 12.1 Å². The summed E-state index contributed by atoms with van der Waals surface area (Å²) in [5.74, 6) is -0.978. The van der Waals surface area contributed by atoms with Crippen molar-refractivity contribution in [3.63, 3.8) is 0 Å². The summed E-state index contributed by atoms with van der Waals surface area (Å²) in [7, 11) is 0. The summed E-state index contributed by atoms with van der Waals surface area (Å²) >= 11 is 0. The normalized spacial score (nSPS) is 10.7. The van der Waals surface area contributed by atoms with Gasteiger partial charge >= 0.3 is 0 Å². The largest absolute Gasteiger partial charge is 0.505 e. The van der Waals surface area contributed by atoms with Gasteiger partial charge in [-0.2, -0.15) is 0 Å². The van der Waals surface area contributed by atoms with Crippen LogP contribution in [0.2, 0.25) is 0 Å². The number of phenols is 1. The maximum absolute atomic E-state index is 13.3. The zero-order chi connectivity index (χ0) is 13.9. The number of phenolic OH excluding ortho intramolecular Hbond substituents is 1. The Balaban J connectivity index is 1.85. The lowest BCUT2D eigenvalue weighted by Gasteiger charge is -2.09. The minimum atomic E-state index is -0.633. The average Bonchev–Trinajstić information content (AvgIpc) is 2.48. The van der Waals surface area contributed by atoms with Crippen LogP contribution in [0.4, 0.5) is 10.1 Å². The molecule has 0 fully saturated rings. The fourth-order valence-electron chi connectivity index (χ4n) is 2.13. The molecule has 0 spiro atoms. The fourth-order valence-corrected chi connectivity index (χ4v) is 2.13. The Morgan fingerprint density at radius 3 is 2.80 bits per heavy atom. The molecule has 1 aromatic heterocycles. The monoisotopic (exact) mass is 268 g/mol. The Morgan fingerprint density at radius 1 is 1.10 bits per heavy atom. The lowest BCUT2D eigenvalue weighted by Crippen LogP contribution is -2.01. The Morgan fingerprint density at radius 2 is 1.95 bits per heavy atom.